The predicted molar refractivity (Wildman–Crippen MR) is 268 cm³/mol. The van der Waals surface area contributed by atoms with E-state index in [0.29, 0.717) is 0 Å². The van der Waals surface area contributed by atoms with Gasteiger partial charge in [-0.25, -0.2) is 0 Å². The van der Waals surface area contributed by atoms with E-state index in [1.807, 2.05) is 0 Å². The van der Waals surface area contributed by atoms with E-state index in [2.05, 4.69) is 230 Å². The molecule has 1 aliphatic carbocycles. The van der Waals surface area contributed by atoms with Crippen molar-refractivity contribution in [3.05, 3.63) is 168 Å². The van der Waals surface area contributed by atoms with Gasteiger partial charge in [0.15, 0.2) is 0 Å². The van der Waals surface area contributed by atoms with E-state index in [-0.39, 0.29) is 23.0 Å². The largest absolute Gasteiger partial charge is 0.311 e. The molecule has 10 rings (SSSR count). The second kappa shape index (κ2) is 14.0. The van der Waals surface area contributed by atoms with Crippen LogP contribution < -0.4 is 31.4 Å². The van der Waals surface area contributed by atoms with Gasteiger partial charge in [0.1, 0.15) is 0 Å². The van der Waals surface area contributed by atoms with Crippen molar-refractivity contribution >= 4 is 70.5 Å². The summed E-state index contributed by atoms with van der Waals surface area (Å²) in [4.78, 5) is 5.18. The quantitative estimate of drug-likeness (QED) is 0.160. The van der Waals surface area contributed by atoms with Gasteiger partial charge in [0.25, 0.3) is 6.71 Å². The van der Waals surface area contributed by atoms with E-state index in [0.717, 1.165) is 0 Å². The molecule has 0 saturated heterocycles. The minimum atomic E-state index is -1.55. The van der Waals surface area contributed by atoms with Gasteiger partial charge in [-0.3, -0.25) is 0 Å². The molecule has 0 aromatic heterocycles. The lowest BCUT2D eigenvalue weighted by Gasteiger charge is -2.47. The fourth-order valence-corrected chi connectivity index (χ4v) is 11.7. The van der Waals surface area contributed by atoms with Crippen LogP contribution in [0.15, 0.2) is 152 Å². The SMILES string of the molecule is CC(C)(C)c1ccc(N2c3ccc(-c4cccc([Si](C)(C)C)c4)cc3B3c4cc5c(cc4N(c4ccccc4)c4cccc2c43)C(C)(C)CCC5(C)C)c(-c2ccccc2)c1. The Balaban J connectivity index is 1.31. The first-order valence-electron chi connectivity index (χ1n) is 22.4. The molecule has 0 saturated carbocycles. The van der Waals surface area contributed by atoms with Gasteiger partial charge in [0, 0.05) is 34.0 Å². The number of rotatable bonds is 5. The third-order valence-electron chi connectivity index (χ3n) is 14.2. The Morgan fingerprint density at radius 3 is 1.74 bits per heavy atom. The van der Waals surface area contributed by atoms with Crippen LogP contribution in [0.4, 0.5) is 34.1 Å². The summed E-state index contributed by atoms with van der Waals surface area (Å²) in [5, 5.41) is 1.49. The van der Waals surface area contributed by atoms with Crippen LogP contribution in [0.5, 0.6) is 0 Å². The average Bonchev–Trinajstić information content (AvgIpc) is 3.24. The van der Waals surface area contributed by atoms with E-state index in [9.17, 15) is 0 Å². The first-order valence-corrected chi connectivity index (χ1v) is 25.9. The summed E-state index contributed by atoms with van der Waals surface area (Å²) in [6.45, 7) is 24.2. The van der Waals surface area contributed by atoms with Crippen molar-refractivity contribution in [2.45, 2.75) is 97.2 Å². The van der Waals surface area contributed by atoms with Crippen molar-refractivity contribution in [1.82, 2.24) is 0 Å². The molecule has 61 heavy (non-hydrogen) atoms. The zero-order chi connectivity index (χ0) is 42.6. The molecule has 7 aromatic rings. The Morgan fingerprint density at radius 2 is 1.07 bits per heavy atom. The van der Waals surface area contributed by atoms with Gasteiger partial charge >= 0.3 is 0 Å². The highest BCUT2D eigenvalue weighted by atomic mass is 28.3. The maximum atomic E-state index is 2.65. The highest BCUT2D eigenvalue weighted by Crippen LogP contribution is 2.51. The third-order valence-corrected chi connectivity index (χ3v) is 16.3. The summed E-state index contributed by atoms with van der Waals surface area (Å²) in [5.41, 5.74) is 21.1. The first-order chi connectivity index (χ1) is 29.0. The molecule has 7 aromatic carbocycles. The summed E-state index contributed by atoms with van der Waals surface area (Å²) < 4.78 is 0. The summed E-state index contributed by atoms with van der Waals surface area (Å²) in [6.07, 6.45) is 2.35. The van der Waals surface area contributed by atoms with Crippen LogP contribution >= 0.6 is 0 Å². The Kier molecular flexibility index (Phi) is 9.06. The van der Waals surface area contributed by atoms with Gasteiger partial charge in [0.05, 0.1) is 13.8 Å². The number of fused-ring (bicyclic) bond motifs is 5. The molecular weight excluding hydrogens is 752 g/mol. The topological polar surface area (TPSA) is 6.48 Å². The minimum Gasteiger partial charge on any atom is -0.311 e. The highest BCUT2D eigenvalue weighted by molar-refractivity contribution is 7.00. The Labute approximate surface area is 366 Å². The van der Waals surface area contributed by atoms with Crippen molar-refractivity contribution in [2.75, 3.05) is 9.80 Å². The van der Waals surface area contributed by atoms with Crippen LogP contribution in [0, 0.1) is 0 Å². The monoisotopic (exact) mass is 810 g/mol. The smallest absolute Gasteiger partial charge is 0.252 e. The molecule has 0 N–H and O–H groups in total. The van der Waals surface area contributed by atoms with Crippen molar-refractivity contribution in [1.29, 1.82) is 0 Å². The highest BCUT2D eigenvalue weighted by Gasteiger charge is 2.46. The maximum Gasteiger partial charge on any atom is 0.252 e. The lowest BCUT2D eigenvalue weighted by molar-refractivity contribution is 0.332. The Bertz CT molecular complexity index is 2840. The van der Waals surface area contributed by atoms with Crippen molar-refractivity contribution in [3.63, 3.8) is 0 Å². The molecule has 0 spiro atoms. The molecule has 0 bridgehead atoms. The maximum absolute atomic E-state index is 2.65. The molecule has 0 unspecified atom stereocenters. The van der Waals surface area contributed by atoms with E-state index in [1.54, 1.807) is 0 Å². The number of hydrogen-bond acceptors (Lipinski definition) is 2. The summed E-state index contributed by atoms with van der Waals surface area (Å²) in [6, 6.07) is 58.4. The van der Waals surface area contributed by atoms with E-state index in [4.69, 9.17) is 0 Å². The minimum absolute atomic E-state index is 0.000397. The number of anilines is 6. The molecule has 0 atom stereocenters. The Morgan fingerprint density at radius 1 is 0.492 bits per heavy atom. The predicted octanol–water partition coefficient (Wildman–Crippen LogP) is 13.3. The summed E-state index contributed by atoms with van der Waals surface area (Å²) in [5.74, 6) is 0. The van der Waals surface area contributed by atoms with Gasteiger partial charge in [-0.05, 0) is 127 Å². The van der Waals surface area contributed by atoms with Crippen LogP contribution in [0.3, 0.4) is 0 Å². The molecule has 0 fully saturated rings. The molecular formula is C57H59BN2Si. The second-order valence-corrected chi connectivity index (χ2v) is 26.4. The zero-order valence-corrected chi connectivity index (χ0v) is 38.8. The van der Waals surface area contributed by atoms with E-state index >= 15 is 0 Å². The van der Waals surface area contributed by atoms with Gasteiger partial charge in [-0.2, -0.15) is 0 Å². The zero-order valence-electron chi connectivity index (χ0n) is 37.8. The van der Waals surface area contributed by atoms with Gasteiger partial charge in [0.2, 0.25) is 0 Å². The normalized spacial score (nSPS) is 16.1. The third kappa shape index (κ3) is 6.52. The molecule has 304 valence electrons. The van der Waals surface area contributed by atoms with Gasteiger partial charge in [-0.1, -0.05) is 176 Å². The molecule has 3 aliphatic rings. The van der Waals surface area contributed by atoms with Gasteiger partial charge in [-0.15, -0.1) is 0 Å². The molecule has 0 amide bonds. The molecule has 2 aliphatic heterocycles. The Hall–Kier alpha value is -5.58. The fourth-order valence-electron chi connectivity index (χ4n) is 10.5. The number of para-hydroxylation sites is 1. The molecule has 4 heteroatoms. The number of nitrogens with zero attached hydrogens (tertiary/aromatic N) is 2. The van der Waals surface area contributed by atoms with Gasteiger partial charge < -0.3 is 9.80 Å². The van der Waals surface area contributed by atoms with Crippen LogP contribution in [-0.2, 0) is 16.2 Å². The lowest BCUT2D eigenvalue weighted by atomic mass is 9.33. The van der Waals surface area contributed by atoms with Crippen LogP contribution in [0.2, 0.25) is 19.6 Å². The first kappa shape index (κ1) is 39.6. The van der Waals surface area contributed by atoms with Crippen LogP contribution in [0.1, 0.15) is 78.0 Å². The van der Waals surface area contributed by atoms with Crippen LogP contribution in [0.25, 0.3) is 22.3 Å². The lowest BCUT2D eigenvalue weighted by Crippen LogP contribution is -2.61. The number of benzene rings is 7. The summed E-state index contributed by atoms with van der Waals surface area (Å²) >= 11 is 0. The molecule has 2 nitrogen and oxygen atoms in total. The summed E-state index contributed by atoms with van der Waals surface area (Å²) in [7, 11) is -1.55. The van der Waals surface area contributed by atoms with E-state index < -0.39 is 8.07 Å². The number of hydrogen-bond donors (Lipinski definition) is 0. The van der Waals surface area contributed by atoms with Crippen LogP contribution in [-0.4, -0.2) is 14.8 Å². The molecule has 0 radical (unpaired) electrons. The van der Waals surface area contributed by atoms with Crippen molar-refractivity contribution in [3.8, 4) is 22.3 Å². The second-order valence-electron chi connectivity index (χ2n) is 21.3. The van der Waals surface area contributed by atoms with Crippen molar-refractivity contribution in [2.24, 2.45) is 0 Å². The standard InChI is InChI=1S/C57H59BN2Si/c1-55(2,3)41-28-30-49(44(35-41)38-19-13-11-14-20-38)60-50-29-27-40(39-21-17-24-43(33-39)61(8,9)10)34-47(50)58-48-36-45-46(57(6,7)32-31-56(45,4)5)37-53(48)59(42-22-15-12-16-23-42)51-25-18-26-52(60)54(51)58/h11-30,33-37H,31-32H2,1-10H3. The average molecular weight is 811 g/mol. The van der Waals surface area contributed by atoms with Crippen molar-refractivity contribution < 1.29 is 0 Å². The van der Waals surface area contributed by atoms with E-state index in [1.165, 1.54) is 107 Å². The fraction of sp³-hybridized carbons (Fsp3) is 0.263. The molecule has 2 heterocycles.